The summed E-state index contributed by atoms with van der Waals surface area (Å²) >= 11 is 0. The van der Waals surface area contributed by atoms with Crippen molar-refractivity contribution in [1.29, 1.82) is 0 Å². The molecule has 0 radical (unpaired) electrons. The third kappa shape index (κ3) is 5.00. The molecule has 6 heteroatoms. The number of nitrogens with zero attached hydrogens (tertiary/aromatic N) is 1. The summed E-state index contributed by atoms with van der Waals surface area (Å²) in [4.78, 5) is 12.7. The monoisotopic (exact) mass is 396 g/mol. The largest absolute Gasteiger partial charge is 0.325 e. The standard InChI is InChI=1S/C22H24N2O3S/c1-2-16-28(26,27)24-15-7-12-21(24)22(25)23-20-11-6-10-19(17-20)14-13-18-8-4-3-5-9-18/h3-6,8-11,17,21H,2,7,12,15-16H2,1H3,(H,23,25). The molecular formula is C22H24N2O3S. The first-order chi connectivity index (χ1) is 13.5. The second-order valence-corrected chi connectivity index (χ2v) is 8.81. The van der Waals surface area contributed by atoms with Gasteiger partial charge in [-0.3, -0.25) is 4.79 Å². The molecule has 0 bridgehead atoms. The summed E-state index contributed by atoms with van der Waals surface area (Å²) in [5, 5.41) is 2.85. The van der Waals surface area contributed by atoms with Gasteiger partial charge >= 0.3 is 0 Å². The van der Waals surface area contributed by atoms with Gasteiger partial charge in [-0.1, -0.05) is 43.0 Å². The number of hydrogen-bond donors (Lipinski definition) is 1. The third-order valence-electron chi connectivity index (χ3n) is 4.58. The van der Waals surface area contributed by atoms with Gasteiger partial charge in [0.1, 0.15) is 6.04 Å². The SMILES string of the molecule is CCCS(=O)(=O)N1CCCC1C(=O)Nc1cccc(C#Cc2ccccc2)c1. The van der Waals surface area contributed by atoms with Crippen molar-refractivity contribution >= 4 is 21.6 Å². The maximum atomic E-state index is 12.7. The number of amides is 1. The van der Waals surface area contributed by atoms with Gasteiger partial charge in [0, 0.05) is 23.4 Å². The van der Waals surface area contributed by atoms with Crippen molar-refractivity contribution in [2.75, 3.05) is 17.6 Å². The fourth-order valence-electron chi connectivity index (χ4n) is 3.28. The van der Waals surface area contributed by atoms with E-state index in [1.807, 2.05) is 49.4 Å². The Kier molecular flexibility index (Phi) is 6.50. The number of carbonyl (C=O) groups is 1. The Morgan fingerprint density at radius 2 is 1.82 bits per heavy atom. The van der Waals surface area contributed by atoms with Gasteiger partial charge in [0.05, 0.1) is 5.75 Å². The smallest absolute Gasteiger partial charge is 0.242 e. The number of benzene rings is 2. The topological polar surface area (TPSA) is 66.5 Å². The second kappa shape index (κ2) is 9.05. The van der Waals surface area contributed by atoms with Crippen LogP contribution in [0.1, 0.15) is 37.3 Å². The number of hydrogen-bond acceptors (Lipinski definition) is 3. The maximum Gasteiger partial charge on any atom is 0.242 e. The fourth-order valence-corrected chi connectivity index (χ4v) is 5.02. The Hall–Kier alpha value is -2.62. The molecule has 0 aromatic heterocycles. The van der Waals surface area contributed by atoms with E-state index in [1.54, 1.807) is 12.1 Å². The van der Waals surface area contributed by atoms with Crippen LogP contribution in [0, 0.1) is 11.8 Å². The molecule has 28 heavy (non-hydrogen) atoms. The van der Waals surface area contributed by atoms with Crippen molar-refractivity contribution in [3.8, 4) is 11.8 Å². The van der Waals surface area contributed by atoms with Crippen LogP contribution in [0.3, 0.4) is 0 Å². The Labute approximate surface area is 166 Å². The highest BCUT2D eigenvalue weighted by Gasteiger charge is 2.38. The predicted molar refractivity (Wildman–Crippen MR) is 111 cm³/mol. The molecule has 5 nitrogen and oxygen atoms in total. The zero-order valence-electron chi connectivity index (χ0n) is 15.9. The molecule has 0 aliphatic carbocycles. The highest BCUT2D eigenvalue weighted by Crippen LogP contribution is 2.23. The van der Waals surface area contributed by atoms with Crippen LogP contribution in [-0.2, 0) is 14.8 Å². The van der Waals surface area contributed by atoms with E-state index < -0.39 is 16.1 Å². The minimum atomic E-state index is -3.39. The molecule has 0 spiro atoms. The zero-order chi connectivity index (χ0) is 20.0. The molecule has 1 aliphatic heterocycles. The molecule has 1 fully saturated rings. The highest BCUT2D eigenvalue weighted by atomic mass is 32.2. The summed E-state index contributed by atoms with van der Waals surface area (Å²) in [6.45, 7) is 2.23. The first kappa shape index (κ1) is 20.1. The Morgan fingerprint density at radius 1 is 1.11 bits per heavy atom. The van der Waals surface area contributed by atoms with Crippen LogP contribution in [-0.4, -0.2) is 37.0 Å². The third-order valence-corrected chi connectivity index (χ3v) is 6.66. The first-order valence-electron chi connectivity index (χ1n) is 9.47. The normalized spacial score (nSPS) is 17.0. The lowest BCUT2D eigenvalue weighted by Gasteiger charge is -2.23. The summed E-state index contributed by atoms with van der Waals surface area (Å²) in [6.07, 6.45) is 1.78. The number of rotatable bonds is 5. The van der Waals surface area contributed by atoms with Crippen molar-refractivity contribution < 1.29 is 13.2 Å². The van der Waals surface area contributed by atoms with Crippen molar-refractivity contribution in [2.45, 2.75) is 32.2 Å². The van der Waals surface area contributed by atoms with E-state index >= 15 is 0 Å². The number of sulfonamides is 1. The molecule has 146 valence electrons. The minimum absolute atomic E-state index is 0.0708. The summed E-state index contributed by atoms with van der Waals surface area (Å²) < 4.78 is 26.2. The van der Waals surface area contributed by atoms with Crippen LogP contribution in [0.2, 0.25) is 0 Å². The van der Waals surface area contributed by atoms with Crippen molar-refractivity contribution in [3.05, 3.63) is 65.7 Å². The fraction of sp³-hybridized carbons (Fsp3) is 0.318. The van der Waals surface area contributed by atoms with E-state index in [1.165, 1.54) is 4.31 Å². The molecule has 2 aromatic rings. The van der Waals surface area contributed by atoms with Gasteiger partial charge in [-0.2, -0.15) is 4.31 Å². The summed E-state index contributed by atoms with van der Waals surface area (Å²) in [5.41, 5.74) is 2.31. The van der Waals surface area contributed by atoms with E-state index in [9.17, 15) is 13.2 Å². The highest BCUT2D eigenvalue weighted by molar-refractivity contribution is 7.89. The van der Waals surface area contributed by atoms with Gasteiger partial charge in [0.2, 0.25) is 15.9 Å². The summed E-state index contributed by atoms with van der Waals surface area (Å²) in [5.74, 6) is 5.96. The van der Waals surface area contributed by atoms with Gasteiger partial charge in [-0.25, -0.2) is 8.42 Å². The predicted octanol–water partition coefficient (Wildman–Crippen LogP) is 3.23. The average Bonchev–Trinajstić information content (AvgIpc) is 3.19. The van der Waals surface area contributed by atoms with E-state index in [0.717, 1.165) is 11.1 Å². The minimum Gasteiger partial charge on any atom is -0.325 e. The summed E-state index contributed by atoms with van der Waals surface area (Å²) in [7, 11) is -3.39. The molecule has 1 saturated heterocycles. The van der Waals surface area contributed by atoms with Crippen LogP contribution in [0.25, 0.3) is 0 Å². The van der Waals surface area contributed by atoms with E-state index in [4.69, 9.17) is 0 Å². The Bertz CT molecular complexity index is 991. The number of carbonyl (C=O) groups excluding carboxylic acids is 1. The van der Waals surface area contributed by atoms with Crippen LogP contribution in [0.15, 0.2) is 54.6 Å². The lowest BCUT2D eigenvalue weighted by atomic mass is 10.1. The zero-order valence-corrected chi connectivity index (χ0v) is 16.7. The van der Waals surface area contributed by atoms with E-state index in [-0.39, 0.29) is 11.7 Å². The van der Waals surface area contributed by atoms with Crippen molar-refractivity contribution in [3.63, 3.8) is 0 Å². The second-order valence-electron chi connectivity index (χ2n) is 6.77. The molecule has 1 aliphatic rings. The van der Waals surface area contributed by atoms with Gasteiger partial charge in [-0.15, -0.1) is 0 Å². The van der Waals surface area contributed by atoms with E-state index in [2.05, 4.69) is 17.2 Å². The number of nitrogens with one attached hydrogen (secondary N) is 1. The molecule has 1 N–H and O–H groups in total. The van der Waals surface area contributed by atoms with Gasteiger partial charge in [-0.05, 0) is 49.6 Å². The molecule has 1 amide bonds. The quantitative estimate of drug-likeness (QED) is 0.789. The van der Waals surface area contributed by atoms with Crippen molar-refractivity contribution in [2.24, 2.45) is 0 Å². The molecule has 2 aromatic carbocycles. The summed E-state index contributed by atoms with van der Waals surface area (Å²) in [6, 6.07) is 16.3. The molecule has 1 unspecified atom stereocenters. The first-order valence-corrected chi connectivity index (χ1v) is 11.1. The maximum absolute atomic E-state index is 12.7. The molecule has 1 atom stereocenters. The van der Waals surface area contributed by atoms with Crippen LogP contribution < -0.4 is 5.32 Å². The van der Waals surface area contributed by atoms with Crippen LogP contribution in [0.5, 0.6) is 0 Å². The van der Waals surface area contributed by atoms with Crippen molar-refractivity contribution in [1.82, 2.24) is 4.31 Å². The molecular weight excluding hydrogens is 372 g/mol. The average molecular weight is 397 g/mol. The van der Waals surface area contributed by atoms with Crippen LogP contribution in [0.4, 0.5) is 5.69 Å². The van der Waals surface area contributed by atoms with Gasteiger partial charge in [0.15, 0.2) is 0 Å². The Morgan fingerprint density at radius 3 is 2.57 bits per heavy atom. The molecule has 1 heterocycles. The van der Waals surface area contributed by atoms with Gasteiger partial charge < -0.3 is 5.32 Å². The van der Waals surface area contributed by atoms with E-state index in [0.29, 0.717) is 31.5 Å². The number of anilines is 1. The lowest BCUT2D eigenvalue weighted by molar-refractivity contribution is -0.119. The lowest BCUT2D eigenvalue weighted by Crippen LogP contribution is -2.44. The van der Waals surface area contributed by atoms with Crippen LogP contribution >= 0.6 is 0 Å². The molecule has 0 saturated carbocycles. The van der Waals surface area contributed by atoms with Gasteiger partial charge in [0.25, 0.3) is 0 Å². The molecule has 3 rings (SSSR count). The Balaban J connectivity index is 1.72.